The highest BCUT2D eigenvalue weighted by Crippen LogP contribution is 2.23. The quantitative estimate of drug-likeness (QED) is 0.867. The number of aromatic carboxylic acids is 1. The first-order valence-corrected chi connectivity index (χ1v) is 5.76. The van der Waals surface area contributed by atoms with Crippen LogP contribution in [0.4, 0.5) is 0 Å². The zero-order valence-electron chi connectivity index (χ0n) is 10.8. The Labute approximate surface area is 106 Å². The molecule has 0 aliphatic carbocycles. The summed E-state index contributed by atoms with van der Waals surface area (Å²) in [6.07, 6.45) is 0. The third-order valence-electron chi connectivity index (χ3n) is 2.74. The van der Waals surface area contributed by atoms with E-state index in [-0.39, 0.29) is 22.8 Å². The van der Waals surface area contributed by atoms with Gasteiger partial charge in [0.25, 0.3) is 5.91 Å². The number of nitrogens with zero attached hydrogens (tertiary/aromatic N) is 1. The van der Waals surface area contributed by atoms with Crippen LogP contribution in [0.3, 0.4) is 0 Å². The van der Waals surface area contributed by atoms with Gasteiger partial charge < -0.3 is 14.7 Å². The van der Waals surface area contributed by atoms with Gasteiger partial charge in [-0.3, -0.25) is 4.79 Å². The van der Waals surface area contributed by atoms with E-state index >= 15 is 0 Å². The van der Waals surface area contributed by atoms with Gasteiger partial charge in [-0.15, -0.1) is 0 Å². The number of ether oxygens (including phenoxy) is 1. The lowest BCUT2D eigenvalue weighted by Crippen LogP contribution is -2.31. The minimum Gasteiger partial charge on any atom is -0.496 e. The normalized spacial score (nSPS) is 9.94. The number of rotatable bonds is 5. The van der Waals surface area contributed by atoms with Crippen LogP contribution >= 0.6 is 0 Å². The molecule has 0 saturated carbocycles. The molecule has 18 heavy (non-hydrogen) atoms. The fraction of sp³-hybridized carbons (Fsp3) is 0.385. The second-order valence-corrected chi connectivity index (χ2v) is 3.67. The van der Waals surface area contributed by atoms with Crippen molar-refractivity contribution in [2.24, 2.45) is 0 Å². The Bertz CT molecular complexity index is 452. The number of hydrogen-bond acceptors (Lipinski definition) is 3. The lowest BCUT2D eigenvalue weighted by molar-refractivity contribution is 0.0674. The van der Waals surface area contributed by atoms with Crippen molar-refractivity contribution in [3.8, 4) is 5.75 Å². The van der Waals surface area contributed by atoms with Crippen molar-refractivity contribution in [2.75, 3.05) is 20.2 Å². The topological polar surface area (TPSA) is 66.8 Å². The van der Waals surface area contributed by atoms with E-state index in [9.17, 15) is 14.7 Å². The molecule has 1 aromatic carbocycles. The Balaban J connectivity index is 3.31. The molecule has 0 spiro atoms. The van der Waals surface area contributed by atoms with Crippen LogP contribution in [0.25, 0.3) is 0 Å². The molecule has 98 valence electrons. The first-order valence-electron chi connectivity index (χ1n) is 5.76. The second-order valence-electron chi connectivity index (χ2n) is 3.67. The van der Waals surface area contributed by atoms with Crippen molar-refractivity contribution in [3.05, 3.63) is 29.3 Å². The van der Waals surface area contributed by atoms with E-state index in [0.29, 0.717) is 13.1 Å². The van der Waals surface area contributed by atoms with E-state index in [1.54, 1.807) is 11.0 Å². The molecule has 5 nitrogen and oxygen atoms in total. The summed E-state index contributed by atoms with van der Waals surface area (Å²) in [4.78, 5) is 25.0. The van der Waals surface area contributed by atoms with Gasteiger partial charge in [0, 0.05) is 13.1 Å². The Morgan fingerprint density at radius 3 is 2.33 bits per heavy atom. The van der Waals surface area contributed by atoms with E-state index < -0.39 is 5.97 Å². The van der Waals surface area contributed by atoms with Crippen LogP contribution in [-0.2, 0) is 0 Å². The predicted molar refractivity (Wildman–Crippen MR) is 67.2 cm³/mol. The first kappa shape index (κ1) is 14.0. The van der Waals surface area contributed by atoms with Crippen LogP contribution in [0.5, 0.6) is 5.75 Å². The predicted octanol–water partition coefficient (Wildman–Crippen LogP) is 1.88. The molecule has 1 N–H and O–H groups in total. The average molecular weight is 251 g/mol. The van der Waals surface area contributed by atoms with Crippen molar-refractivity contribution in [1.82, 2.24) is 4.90 Å². The fourth-order valence-corrected chi connectivity index (χ4v) is 1.78. The number of carbonyl (C=O) groups excluding carboxylic acids is 1. The van der Waals surface area contributed by atoms with E-state index in [0.717, 1.165) is 0 Å². The molecular weight excluding hydrogens is 234 g/mol. The Hall–Kier alpha value is -2.04. The maximum Gasteiger partial charge on any atom is 0.340 e. The summed E-state index contributed by atoms with van der Waals surface area (Å²) in [6.45, 7) is 4.77. The van der Waals surface area contributed by atoms with Crippen molar-refractivity contribution in [2.45, 2.75) is 13.8 Å². The van der Waals surface area contributed by atoms with Crippen molar-refractivity contribution < 1.29 is 19.4 Å². The molecule has 0 unspecified atom stereocenters. The van der Waals surface area contributed by atoms with Gasteiger partial charge in [0.1, 0.15) is 11.3 Å². The van der Waals surface area contributed by atoms with Gasteiger partial charge in [-0.2, -0.15) is 0 Å². The highest BCUT2D eigenvalue weighted by atomic mass is 16.5. The molecule has 0 atom stereocenters. The van der Waals surface area contributed by atoms with Crippen LogP contribution in [0, 0.1) is 0 Å². The monoisotopic (exact) mass is 251 g/mol. The molecule has 0 aliphatic rings. The standard InChI is InChI=1S/C13H17NO4/c1-4-14(5-2)12(15)9-7-6-8-10(18-3)11(9)13(16)17/h6-8H,4-5H2,1-3H3,(H,16,17). The Morgan fingerprint density at radius 2 is 1.89 bits per heavy atom. The minimum absolute atomic E-state index is 0.0862. The van der Waals surface area contributed by atoms with Gasteiger partial charge in [-0.05, 0) is 26.0 Å². The third-order valence-corrected chi connectivity index (χ3v) is 2.74. The summed E-state index contributed by atoms with van der Waals surface area (Å²) in [7, 11) is 1.38. The van der Waals surface area contributed by atoms with Crippen molar-refractivity contribution in [3.63, 3.8) is 0 Å². The maximum absolute atomic E-state index is 12.2. The van der Waals surface area contributed by atoms with Crippen LogP contribution in [-0.4, -0.2) is 42.1 Å². The number of benzene rings is 1. The molecule has 0 aliphatic heterocycles. The SMILES string of the molecule is CCN(CC)C(=O)c1cccc(OC)c1C(=O)O. The maximum atomic E-state index is 12.2. The summed E-state index contributed by atoms with van der Waals surface area (Å²) in [6, 6.07) is 4.65. The number of hydrogen-bond donors (Lipinski definition) is 1. The molecule has 0 fully saturated rings. The molecule has 0 bridgehead atoms. The molecule has 1 aromatic rings. The molecule has 0 saturated heterocycles. The third kappa shape index (κ3) is 2.61. The van der Waals surface area contributed by atoms with Gasteiger partial charge in [-0.25, -0.2) is 4.79 Å². The Morgan fingerprint density at radius 1 is 1.28 bits per heavy atom. The van der Waals surface area contributed by atoms with Gasteiger partial charge in [-0.1, -0.05) is 6.07 Å². The molecular formula is C13H17NO4. The first-order chi connectivity index (χ1) is 8.56. The number of carbonyl (C=O) groups is 2. The summed E-state index contributed by atoms with van der Waals surface area (Å²) in [5.41, 5.74) is 0.0717. The average Bonchev–Trinajstić information content (AvgIpc) is 2.38. The summed E-state index contributed by atoms with van der Waals surface area (Å²) in [5, 5.41) is 9.20. The second kappa shape index (κ2) is 6.05. The summed E-state index contributed by atoms with van der Waals surface area (Å²) < 4.78 is 4.99. The van der Waals surface area contributed by atoms with Crippen molar-refractivity contribution >= 4 is 11.9 Å². The van der Waals surface area contributed by atoms with E-state index in [4.69, 9.17) is 4.74 Å². The molecule has 1 amide bonds. The van der Waals surface area contributed by atoms with Crippen LogP contribution in [0.1, 0.15) is 34.6 Å². The number of carboxylic acids is 1. The summed E-state index contributed by atoms with van der Waals surface area (Å²) >= 11 is 0. The Kier molecular flexibility index (Phi) is 4.71. The highest BCUT2D eigenvalue weighted by molar-refractivity contribution is 6.06. The lowest BCUT2D eigenvalue weighted by Gasteiger charge is -2.20. The van der Waals surface area contributed by atoms with Crippen molar-refractivity contribution in [1.29, 1.82) is 0 Å². The minimum atomic E-state index is -1.16. The van der Waals surface area contributed by atoms with E-state index in [2.05, 4.69) is 0 Å². The molecule has 0 aromatic heterocycles. The largest absolute Gasteiger partial charge is 0.496 e. The lowest BCUT2D eigenvalue weighted by atomic mass is 10.0. The van der Waals surface area contributed by atoms with Crippen LogP contribution in [0.2, 0.25) is 0 Å². The number of methoxy groups -OCH3 is 1. The highest BCUT2D eigenvalue weighted by Gasteiger charge is 2.23. The smallest absolute Gasteiger partial charge is 0.340 e. The van der Waals surface area contributed by atoms with Gasteiger partial charge in [0.2, 0.25) is 0 Å². The molecule has 0 heterocycles. The van der Waals surface area contributed by atoms with Crippen LogP contribution in [0.15, 0.2) is 18.2 Å². The molecule has 0 radical (unpaired) electrons. The van der Waals surface area contributed by atoms with Gasteiger partial charge >= 0.3 is 5.97 Å². The van der Waals surface area contributed by atoms with E-state index in [1.165, 1.54) is 19.2 Å². The molecule has 5 heteroatoms. The zero-order valence-corrected chi connectivity index (χ0v) is 10.8. The van der Waals surface area contributed by atoms with Crippen LogP contribution < -0.4 is 4.74 Å². The molecule has 1 rings (SSSR count). The van der Waals surface area contributed by atoms with Gasteiger partial charge in [0.15, 0.2) is 0 Å². The zero-order chi connectivity index (χ0) is 13.7. The van der Waals surface area contributed by atoms with Gasteiger partial charge in [0.05, 0.1) is 12.7 Å². The number of carboxylic acid groups (broad SMARTS) is 1. The van der Waals surface area contributed by atoms with E-state index in [1.807, 2.05) is 13.8 Å². The fourth-order valence-electron chi connectivity index (χ4n) is 1.78. The summed E-state index contributed by atoms with van der Waals surface area (Å²) in [5.74, 6) is -1.26. The number of amides is 1.